The second-order valence-corrected chi connectivity index (χ2v) is 6.67. The Kier molecular flexibility index (Phi) is 4.87. The van der Waals surface area contributed by atoms with Crippen molar-refractivity contribution in [3.8, 4) is 0 Å². The first kappa shape index (κ1) is 15.2. The van der Waals surface area contributed by atoms with Gasteiger partial charge in [0.05, 0.1) is 30.0 Å². The van der Waals surface area contributed by atoms with Crippen LogP contribution in [0.4, 0.5) is 0 Å². The fraction of sp³-hybridized carbons (Fsp3) is 0.562. The van der Waals surface area contributed by atoms with E-state index in [4.69, 9.17) is 0 Å². The maximum Gasteiger partial charge on any atom is 0.223 e. The summed E-state index contributed by atoms with van der Waals surface area (Å²) in [6.07, 6.45) is 8.59. The fourth-order valence-corrected chi connectivity index (χ4v) is 3.63. The zero-order valence-electron chi connectivity index (χ0n) is 12.9. The van der Waals surface area contributed by atoms with Crippen molar-refractivity contribution in [2.75, 3.05) is 6.54 Å². The summed E-state index contributed by atoms with van der Waals surface area (Å²) in [5, 5.41) is 6.38. The van der Waals surface area contributed by atoms with Gasteiger partial charge in [-0.2, -0.15) is 5.10 Å². The Labute approximate surface area is 135 Å². The summed E-state index contributed by atoms with van der Waals surface area (Å²) in [5.41, 5.74) is 4.01. The molecule has 1 saturated heterocycles. The summed E-state index contributed by atoms with van der Waals surface area (Å²) in [6.45, 7) is 3.72. The van der Waals surface area contributed by atoms with Crippen LogP contribution in [0.25, 0.3) is 0 Å². The van der Waals surface area contributed by atoms with Gasteiger partial charge in [-0.15, -0.1) is 11.3 Å². The average Bonchev–Trinajstić information content (AvgIpc) is 3.17. The maximum absolute atomic E-state index is 12.6. The number of piperidine rings is 1. The molecule has 5 nitrogen and oxygen atoms in total. The van der Waals surface area contributed by atoms with Crippen molar-refractivity contribution in [3.05, 3.63) is 34.5 Å². The molecule has 0 spiro atoms. The van der Waals surface area contributed by atoms with Gasteiger partial charge in [0.25, 0.3) is 0 Å². The summed E-state index contributed by atoms with van der Waals surface area (Å²) >= 11 is 1.58. The van der Waals surface area contributed by atoms with E-state index < -0.39 is 0 Å². The summed E-state index contributed by atoms with van der Waals surface area (Å²) < 4.78 is 1.96. The van der Waals surface area contributed by atoms with Crippen molar-refractivity contribution in [1.29, 1.82) is 0 Å². The Morgan fingerprint density at radius 1 is 1.45 bits per heavy atom. The number of amides is 1. The molecule has 0 radical (unpaired) electrons. The van der Waals surface area contributed by atoms with E-state index in [0.717, 1.165) is 43.6 Å². The summed E-state index contributed by atoms with van der Waals surface area (Å²) in [6, 6.07) is 0.274. The summed E-state index contributed by atoms with van der Waals surface area (Å²) in [7, 11) is 0. The van der Waals surface area contributed by atoms with Crippen molar-refractivity contribution in [3.63, 3.8) is 0 Å². The van der Waals surface area contributed by atoms with Gasteiger partial charge in [0.15, 0.2) is 0 Å². The number of thiazole rings is 1. The molecule has 1 aliphatic heterocycles. The topological polar surface area (TPSA) is 51.0 Å². The van der Waals surface area contributed by atoms with E-state index in [-0.39, 0.29) is 11.9 Å². The van der Waals surface area contributed by atoms with Crippen LogP contribution in [0.15, 0.2) is 23.3 Å². The van der Waals surface area contributed by atoms with Crippen LogP contribution in [0.5, 0.6) is 0 Å². The molecule has 1 unspecified atom stereocenters. The number of carbonyl (C=O) groups excluding carboxylic acids is 1. The van der Waals surface area contributed by atoms with Gasteiger partial charge in [-0.05, 0) is 38.2 Å². The Balaban J connectivity index is 1.60. The first-order chi connectivity index (χ1) is 10.7. The minimum atomic E-state index is 0.251. The molecule has 1 amide bonds. The smallest absolute Gasteiger partial charge is 0.223 e. The molecule has 3 heterocycles. The lowest BCUT2D eigenvalue weighted by molar-refractivity contribution is -0.135. The number of carbonyl (C=O) groups is 1. The molecule has 0 aliphatic carbocycles. The largest absolute Gasteiger partial charge is 0.338 e. The van der Waals surface area contributed by atoms with Gasteiger partial charge in [-0.1, -0.05) is 0 Å². The van der Waals surface area contributed by atoms with E-state index >= 15 is 0 Å². The van der Waals surface area contributed by atoms with Crippen LogP contribution in [0.2, 0.25) is 0 Å². The fourth-order valence-electron chi connectivity index (χ4n) is 3.04. The number of rotatable bonds is 5. The lowest BCUT2D eigenvalue weighted by Crippen LogP contribution is -2.46. The third-order valence-electron chi connectivity index (χ3n) is 4.19. The minimum Gasteiger partial charge on any atom is -0.338 e. The standard InChI is InChI=1S/C16H22N4OS/c1-13-8-18-19(9-13)10-15-4-2-3-7-20(15)16(21)6-5-14-11-22-12-17-14/h8-9,11-12,15H,2-7,10H2,1H3. The summed E-state index contributed by atoms with van der Waals surface area (Å²) in [5.74, 6) is 0.251. The number of hydrogen-bond donors (Lipinski definition) is 0. The molecule has 6 heteroatoms. The number of hydrogen-bond acceptors (Lipinski definition) is 4. The molecular formula is C16H22N4OS. The van der Waals surface area contributed by atoms with Gasteiger partial charge < -0.3 is 4.90 Å². The Hall–Kier alpha value is -1.69. The molecule has 0 N–H and O–H groups in total. The Morgan fingerprint density at radius 3 is 3.09 bits per heavy atom. The van der Waals surface area contributed by atoms with Crippen LogP contribution < -0.4 is 0 Å². The third kappa shape index (κ3) is 3.74. The average molecular weight is 318 g/mol. The highest BCUT2D eigenvalue weighted by Crippen LogP contribution is 2.20. The first-order valence-electron chi connectivity index (χ1n) is 7.88. The SMILES string of the molecule is Cc1cnn(CC2CCCCN2C(=O)CCc2cscn2)c1. The van der Waals surface area contributed by atoms with Crippen LogP contribution in [-0.2, 0) is 17.8 Å². The predicted molar refractivity (Wildman–Crippen MR) is 86.8 cm³/mol. The van der Waals surface area contributed by atoms with Gasteiger partial charge in [0.2, 0.25) is 5.91 Å². The molecule has 2 aromatic rings. The highest BCUT2D eigenvalue weighted by molar-refractivity contribution is 7.07. The van der Waals surface area contributed by atoms with Crippen molar-refractivity contribution in [1.82, 2.24) is 19.7 Å². The van der Waals surface area contributed by atoms with Gasteiger partial charge in [-0.25, -0.2) is 4.98 Å². The Morgan fingerprint density at radius 2 is 2.36 bits per heavy atom. The van der Waals surface area contributed by atoms with Crippen molar-refractivity contribution >= 4 is 17.2 Å². The van der Waals surface area contributed by atoms with E-state index in [1.165, 1.54) is 6.42 Å². The van der Waals surface area contributed by atoms with E-state index in [0.29, 0.717) is 6.42 Å². The van der Waals surface area contributed by atoms with E-state index in [2.05, 4.69) is 15.0 Å². The van der Waals surface area contributed by atoms with Crippen molar-refractivity contribution < 1.29 is 4.79 Å². The molecule has 3 rings (SSSR count). The second-order valence-electron chi connectivity index (χ2n) is 5.96. The molecule has 118 valence electrons. The lowest BCUT2D eigenvalue weighted by atomic mass is 10.0. The number of likely N-dealkylation sites (tertiary alicyclic amines) is 1. The molecule has 2 aromatic heterocycles. The first-order valence-corrected chi connectivity index (χ1v) is 8.82. The lowest BCUT2D eigenvalue weighted by Gasteiger charge is -2.35. The molecule has 0 saturated carbocycles. The highest BCUT2D eigenvalue weighted by atomic mass is 32.1. The number of aromatic nitrogens is 3. The van der Waals surface area contributed by atoms with Crippen molar-refractivity contribution in [2.45, 2.75) is 51.6 Å². The van der Waals surface area contributed by atoms with Crippen LogP contribution in [0, 0.1) is 6.92 Å². The molecule has 1 atom stereocenters. The minimum absolute atomic E-state index is 0.251. The zero-order valence-corrected chi connectivity index (χ0v) is 13.8. The predicted octanol–water partition coefficient (Wildman–Crippen LogP) is 2.66. The quantitative estimate of drug-likeness (QED) is 0.851. The number of nitrogens with zero attached hydrogens (tertiary/aromatic N) is 4. The van der Waals surface area contributed by atoms with Gasteiger partial charge in [0.1, 0.15) is 0 Å². The Bertz CT molecular complexity index is 607. The number of aryl methyl sites for hydroxylation is 2. The van der Waals surface area contributed by atoms with Crippen molar-refractivity contribution in [2.24, 2.45) is 0 Å². The van der Waals surface area contributed by atoms with Crippen LogP contribution in [0.3, 0.4) is 0 Å². The van der Waals surface area contributed by atoms with E-state index in [9.17, 15) is 4.79 Å². The van der Waals surface area contributed by atoms with Gasteiger partial charge in [0, 0.05) is 24.5 Å². The zero-order chi connectivity index (χ0) is 15.4. The third-order valence-corrected chi connectivity index (χ3v) is 4.82. The van der Waals surface area contributed by atoms with Gasteiger partial charge in [-0.3, -0.25) is 9.48 Å². The van der Waals surface area contributed by atoms with Gasteiger partial charge >= 0.3 is 0 Å². The molecule has 1 fully saturated rings. The van der Waals surface area contributed by atoms with Crippen LogP contribution in [-0.4, -0.2) is 38.2 Å². The molecule has 0 aromatic carbocycles. The molecule has 0 bridgehead atoms. The summed E-state index contributed by atoms with van der Waals surface area (Å²) in [4.78, 5) is 18.9. The highest BCUT2D eigenvalue weighted by Gasteiger charge is 2.26. The normalized spacial score (nSPS) is 18.6. The maximum atomic E-state index is 12.6. The second kappa shape index (κ2) is 7.05. The van der Waals surface area contributed by atoms with Crippen LogP contribution >= 0.6 is 11.3 Å². The monoisotopic (exact) mass is 318 g/mol. The van der Waals surface area contributed by atoms with Crippen LogP contribution in [0.1, 0.15) is 36.9 Å². The molecular weight excluding hydrogens is 296 g/mol. The molecule has 22 heavy (non-hydrogen) atoms. The van der Waals surface area contributed by atoms with E-state index in [1.807, 2.05) is 34.9 Å². The van der Waals surface area contributed by atoms with E-state index in [1.54, 1.807) is 11.3 Å². The molecule has 1 aliphatic rings.